The standard InChI is InChI=1S/C24H23N3O4S/c1-15-8-16(2)10-19(9-15)30-13-23(28)26-20-6-4-5-7-21(20)32-14-18-12-24(29)27-22(25-18)11-17(3)31-27/h4-12H,13-14H2,1-3H3,(H,26,28). The van der Waals surface area contributed by atoms with E-state index >= 15 is 0 Å². The van der Waals surface area contributed by atoms with E-state index < -0.39 is 0 Å². The fourth-order valence-corrected chi connectivity index (χ4v) is 4.25. The number of nitrogens with zero attached hydrogens (tertiary/aromatic N) is 2. The van der Waals surface area contributed by atoms with Gasteiger partial charge >= 0.3 is 0 Å². The van der Waals surface area contributed by atoms with E-state index in [2.05, 4.69) is 16.4 Å². The number of nitrogens with one attached hydrogen (secondary N) is 1. The van der Waals surface area contributed by atoms with Crippen molar-refractivity contribution >= 4 is 29.0 Å². The van der Waals surface area contributed by atoms with Crippen molar-refractivity contribution in [3.05, 3.63) is 87.5 Å². The molecule has 0 bridgehead atoms. The molecule has 0 fully saturated rings. The molecule has 0 aliphatic rings. The number of fused-ring (bicyclic) bond motifs is 1. The summed E-state index contributed by atoms with van der Waals surface area (Å²) in [5.74, 6) is 1.52. The monoisotopic (exact) mass is 449 g/mol. The summed E-state index contributed by atoms with van der Waals surface area (Å²) in [6.07, 6.45) is 0. The molecule has 1 amide bonds. The van der Waals surface area contributed by atoms with Gasteiger partial charge in [-0.05, 0) is 56.2 Å². The molecule has 4 rings (SSSR count). The highest BCUT2D eigenvalue weighted by atomic mass is 32.2. The van der Waals surface area contributed by atoms with Gasteiger partial charge in [-0.1, -0.05) is 18.2 Å². The minimum absolute atomic E-state index is 0.0866. The number of hydrogen-bond acceptors (Lipinski definition) is 6. The molecule has 8 heteroatoms. The predicted molar refractivity (Wildman–Crippen MR) is 125 cm³/mol. The quantitative estimate of drug-likeness (QED) is 0.418. The Hall–Kier alpha value is -3.52. The van der Waals surface area contributed by atoms with Crippen LogP contribution in [0.25, 0.3) is 5.65 Å². The van der Waals surface area contributed by atoms with E-state index in [0.717, 1.165) is 16.0 Å². The van der Waals surface area contributed by atoms with Gasteiger partial charge in [-0.3, -0.25) is 9.59 Å². The molecular weight excluding hydrogens is 426 g/mol. The molecule has 0 atom stereocenters. The number of thioether (sulfide) groups is 1. The van der Waals surface area contributed by atoms with Gasteiger partial charge in [0.05, 0.1) is 11.4 Å². The van der Waals surface area contributed by atoms with Gasteiger partial charge in [-0.25, -0.2) is 4.98 Å². The average Bonchev–Trinajstić information content (AvgIpc) is 3.12. The van der Waals surface area contributed by atoms with Gasteiger partial charge in [0, 0.05) is 22.8 Å². The Balaban J connectivity index is 1.41. The fourth-order valence-electron chi connectivity index (χ4n) is 3.35. The van der Waals surface area contributed by atoms with Crippen molar-refractivity contribution in [2.45, 2.75) is 31.4 Å². The molecule has 0 spiro atoms. The number of aryl methyl sites for hydroxylation is 3. The van der Waals surface area contributed by atoms with E-state index in [-0.39, 0.29) is 18.1 Å². The Morgan fingerprint density at radius 3 is 2.62 bits per heavy atom. The minimum Gasteiger partial charge on any atom is -0.484 e. The van der Waals surface area contributed by atoms with Gasteiger partial charge in [0.1, 0.15) is 11.5 Å². The van der Waals surface area contributed by atoms with E-state index in [1.54, 1.807) is 13.0 Å². The van der Waals surface area contributed by atoms with E-state index in [4.69, 9.17) is 9.26 Å². The molecular formula is C24H23N3O4S. The number of ether oxygens (including phenoxy) is 1. The van der Waals surface area contributed by atoms with Crippen LogP contribution in [0.2, 0.25) is 0 Å². The first-order valence-electron chi connectivity index (χ1n) is 10.1. The smallest absolute Gasteiger partial charge is 0.287 e. The van der Waals surface area contributed by atoms with Crippen molar-refractivity contribution in [2.75, 3.05) is 11.9 Å². The van der Waals surface area contributed by atoms with E-state index in [1.165, 1.54) is 22.4 Å². The zero-order valence-corrected chi connectivity index (χ0v) is 18.9. The van der Waals surface area contributed by atoms with E-state index in [1.807, 2.05) is 50.2 Å². The lowest BCUT2D eigenvalue weighted by atomic mass is 10.1. The zero-order valence-electron chi connectivity index (χ0n) is 18.0. The number of carbonyl (C=O) groups excluding carboxylic acids is 1. The third-order valence-electron chi connectivity index (χ3n) is 4.63. The number of carbonyl (C=O) groups is 1. The minimum atomic E-state index is -0.260. The van der Waals surface area contributed by atoms with Crippen molar-refractivity contribution < 1.29 is 14.1 Å². The highest BCUT2D eigenvalue weighted by Gasteiger charge is 2.11. The molecule has 0 saturated heterocycles. The molecule has 0 unspecified atom stereocenters. The number of amides is 1. The maximum absolute atomic E-state index is 12.5. The maximum atomic E-state index is 12.5. The molecule has 1 N–H and O–H groups in total. The van der Waals surface area contributed by atoms with Crippen LogP contribution < -0.4 is 15.6 Å². The number of anilines is 1. The number of benzene rings is 2. The summed E-state index contributed by atoms with van der Waals surface area (Å²) in [7, 11) is 0. The summed E-state index contributed by atoms with van der Waals surface area (Å²) >= 11 is 1.49. The second-order valence-corrected chi connectivity index (χ2v) is 8.55. The molecule has 164 valence electrons. The van der Waals surface area contributed by atoms with Crippen LogP contribution in [0.1, 0.15) is 22.6 Å². The molecule has 2 aromatic carbocycles. The Kier molecular flexibility index (Phi) is 6.32. The third-order valence-corrected chi connectivity index (χ3v) is 5.73. The highest BCUT2D eigenvalue weighted by Crippen LogP contribution is 2.29. The second kappa shape index (κ2) is 9.32. The third kappa shape index (κ3) is 5.20. The Morgan fingerprint density at radius 1 is 1.09 bits per heavy atom. The van der Waals surface area contributed by atoms with Gasteiger partial charge < -0.3 is 14.6 Å². The number of aromatic nitrogens is 2. The molecule has 4 aromatic rings. The molecule has 0 saturated carbocycles. The Bertz CT molecular complexity index is 1320. The average molecular weight is 450 g/mol. The van der Waals surface area contributed by atoms with Crippen molar-refractivity contribution in [2.24, 2.45) is 0 Å². The van der Waals surface area contributed by atoms with E-state index in [0.29, 0.717) is 34.3 Å². The Labute approximate surface area is 189 Å². The molecule has 0 aliphatic carbocycles. The predicted octanol–water partition coefficient (Wildman–Crippen LogP) is 4.52. The van der Waals surface area contributed by atoms with Crippen LogP contribution in [0, 0.1) is 20.8 Å². The summed E-state index contributed by atoms with van der Waals surface area (Å²) in [6.45, 7) is 5.66. The van der Waals surface area contributed by atoms with Gasteiger partial charge in [-0.2, -0.15) is 0 Å². The van der Waals surface area contributed by atoms with Crippen LogP contribution in [0.3, 0.4) is 0 Å². The van der Waals surface area contributed by atoms with Crippen molar-refractivity contribution in [3.8, 4) is 5.75 Å². The lowest BCUT2D eigenvalue weighted by Gasteiger charge is -2.12. The maximum Gasteiger partial charge on any atom is 0.287 e. The van der Waals surface area contributed by atoms with Crippen LogP contribution >= 0.6 is 11.8 Å². The normalized spacial score (nSPS) is 11.0. The molecule has 32 heavy (non-hydrogen) atoms. The first kappa shape index (κ1) is 21.7. The summed E-state index contributed by atoms with van der Waals surface area (Å²) < 4.78 is 12.1. The van der Waals surface area contributed by atoms with Crippen LogP contribution in [-0.4, -0.2) is 22.1 Å². The summed E-state index contributed by atoms with van der Waals surface area (Å²) in [5.41, 5.74) is 3.71. The highest BCUT2D eigenvalue weighted by molar-refractivity contribution is 7.98. The summed E-state index contributed by atoms with van der Waals surface area (Å²) in [5, 5.41) is 2.90. The van der Waals surface area contributed by atoms with Gasteiger partial charge in [-0.15, -0.1) is 16.3 Å². The van der Waals surface area contributed by atoms with Crippen molar-refractivity contribution in [3.63, 3.8) is 0 Å². The molecule has 0 radical (unpaired) electrons. The van der Waals surface area contributed by atoms with Crippen LogP contribution in [-0.2, 0) is 10.5 Å². The molecule has 2 aromatic heterocycles. The molecule has 0 aliphatic heterocycles. The number of hydrogen-bond donors (Lipinski definition) is 1. The van der Waals surface area contributed by atoms with Crippen LogP contribution in [0.5, 0.6) is 5.75 Å². The largest absolute Gasteiger partial charge is 0.484 e. The van der Waals surface area contributed by atoms with Crippen LogP contribution in [0.4, 0.5) is 5.69 Å². The van der Waals surface area contributed by atoms with Crippen LogP contribution in [0.15, 0.2) is 68.8 Å². The summed E-state index contributed by atoms with van der Waals surface area (Å²) in [4.78, 5) is 30.0. The van der Waals surface area contributed by atoms with Crippen molar-refractivity contribution in [1.29, 1.82) is 0 Å². The van der Waals surface area contributed by atoms with E-state index in [9.17, 15) is 9.59 Å². The lowest BCUT2D eigenvalue weighted by Crippen LogP contribution is -2.20. The molecule has 2 heterocycles. The van der Waals surface area contributed by atoms with Gasteiger partial charge in [0.25, 0.3) is 11.5 Å². The lowest BCUT2D eigenvalue weighted by molar-refractivity contribution is -0.118. The Morgan fingerprint density at radius 2 is 1.84 bits per heavy atom. The fraction of sp³-hybridized carbons (Fsp3) is 0.208. The SMILES string of the molecule is Cc1cc(C)cc(OCC(=O)Nc2ccccc2SCc2cc(=O)n3oc(C)cc3n2)c1. The topological polar surface area (TPSA) is 85.8 Å². The number of para-hydroxylation sites is 1. The van der Waals surface area contributed by atoms with Gasteiger partial charge in [0.15, 0.2) is 12.3 Å². The zero-order chi connectivity index (χ0) is 22.7. The van der Waals surface area contributed by atoms with Crippen molar-refractivity contribution in [1.82, 2.24) is 9.56 Å². The number of rotatable bonds is 7. The summed E-state index contributed by atoms with van der Waals surface area (Å²) in [6, 6.07) is 16.5. The molecule has 7 nitrogen and oxygen atoms in total. The second-order valence-electron chi connectivity index (χ2n) is 7.53. The first-order valence-corrected chi connectivity index (χ1v) is 11.1. The van der Waals surface area contributed by atoms with Gasteiger partial charge in [0.2, 0.25) is 0 Å². The first-order chi connectivity index (χ1) is 15.4.